The van der Waals surface area contributed by atoms with Crippen molar-refractivity contribution in [2.45, 2.75) is 39.7 Å². The van der Waals surface area contributed by atoms with Crippen molar-refractivity contribution in [2.75, 3.05) is 19.6 Å². The first-order valence-corrected chi connectivity index (χ1v) is 7.86. The molecule has 0 spiro atoms. The molecule has 1 aromatic rings. The quantitative estimate of drug-likeness (QED) is 0.927. The Kier molecular flexibility index (Phi) is 5.53. The van der Waals surface area contributed by atoms with Crippen LogP contribution in [0.25, 0.3) is 0 Å². The highest BCUT2D eigenvalue weighted by molar-refractivity contribution is 6.33. The summed E-state index contributed by atoms with van der Waals surface area (Å²) >= 11 is 5.98. The molecule has 1 aliphatic rings. The van der Waals surface area contributed by atoms with Crippen LogP contribution in [0.2, 0.25) is 5.02 Å². The number of nitrogens with zero attached hydrogens (tertiary/aromatic N) is 3. The van der Waals surface area contributed by atoms with E-state index < -0.39 is 0 Å². The number of amides is 1. The Morgan fingerprint density at radius 1 is 1.62 bits per heavy atom. The zero-order valence-corrected chi connectivity index (χ0v) is 13.7. The second-order valence-electron chi connectivity index (χ2n) is 5.92. The van der Waals surface area contributed by atoms with Crippen LogP contribution in [0.1, 0.15) is 43.0 Å². The van der Waals surface area contributed by atoms with Gasteiger partial charge >= 0.3 is 0 Å². The Labute approximate surface area is 131 Å². The number of carbonyl (C=O) groups excluding carboxylic acids is 1. The summed E-state index contributed by atoms with van der Waals surface area (Å²) in [7, 11) is 0. The van der Waals surface area contributed by atoms with Gasteiger partial charge in [0, 0.05) is 19.1 Å². The van der Waals surface area contributed by atoms with Crippen LogP contribution in [0.15, 0.2) is 6.20 Å². The highest BCUT2D eigenvalue weighted by Gasteiger charge is 2.22. The van der Waals surface area contributed by atoms with Gasteiger partial charge in [0.1, 0.15) is 11.5 Å². The number of aryl methyl sites for hydroxylation is 1. The van der Waals surface area contributed by atoms with Gasteiger partial charge in [-0.25, -0.2) is 9.97 Å². The molecular formula is C15H23ClN4O. The van der Waals surface area contributed by atoms with E-state index in [4.69, 9.17) is 11.6 Å². The second-order valence-corrected chi connectivity index (χ2v) is 6.32. The average Bonchev–Trinajstić information content (AvgIpc) is 2.47. The van der Waals surface area contributed by atoms with Crippen molar-refractivity contribution >= 4 is 17.5 Å². The molecule has 2 rings (SSSR count). The lowest BCUT2D eigenvalue weighted by molar-refractivity contribution is 0.0912. The molecule has 1 aliphatic heterocycles. The molecule has 1 N–H and O–H groups in total. The van der Waals surface area contributed by atoms with Gasteiger partial charge in [-0.2, -0.15) is 0 Å². The third kappa shape index (κ3) is 4.38. The Balaban J connectivity index is 1.90. The smallest absolute Gasteiger partial charge is 0.271 e. The number of rotatable bonds is 4. The number of halogens is 1. The largest absolute Gasteiger partial charge is 0.349 e. The molecule has 2 atom stereocenters. The van der Waals surface area contributed by atoms with Crippen molar-refractivity contribution in [1.82, 2.24) is 20.2 Å². The molecule has 0 radical (unpaired) electrons. The summed E-state index contributed by atoms with van der Waals surface area (Å²) in [6.45, 7) is 8.97. The molecule has 1 fully saturated rings. The maximum atomic E-state index is 12.2. The molecule has 2 heterocycles. The summed E-state index contributed by atoms with van der Waals surface area (Å²) < 4.78 is 0. The summed E-state index contributed by atoms with van der Waals surface area (Å²) in [6, 6.07) is 0.318. The van der Waals surface area contributed by atoms with Crippen LogP contribution in [0.3, 0.4) is 0 Å². The SMILES string of the molecule is Cc1ncc(Cl)c(C(=O)NC[C@@H](C)N2CCC[C@H](C)C2)n1. The average molecular weight is 311 g/mol. The monoisotopic (exact) mass is 310 g/mol. The van der Waals surface area contributed by atoms with Gasteiger partial charge in [-0.05, 0) is 39.2 Å². The third-order valence-corrected chi connectivity index (χ3v) is 4.23. The van der Waals surface area contributed by atoms with E-state index in [1.54, 1.807) is 6.92 Å². The minimum absolute atomic E-state index is 0.234. The van der Waals surface area contributed by atoms with Gasteiger partial charge in [0.15, 0.2) is 0 Å². The molecule has 1 saturated heterocycles. The summed E-state index contributed by atoms with van der Waals surface area (Å²) in [4.78, 5) is 22.7. The maximum Gasteiger partial charge on any atom is 0.271 e. The van der Waals surface area contributed by atoms with Crippen LogP contribution in [0.5, 0.6) is 0 Å². The van der Waals surface area contributed by atoms with Crippen LogP contribution >= 0.6 is 11.6 Å². The molecule has 21 heavy (non-hydrogen) atoms. The lowest BCUT2D eigenvalue weighted by Crippen LogP contribution is -2.46. The van der Waals surface area contributed by atoms with Crippen molar-refractivity contribution in [1.29, 1.82) is 0 Å². The van der Waals surface area contributed by atoms with E-state index in [2.05, 4.69) is 34.0 Å². The molecule has 0 aromatic carbocycles. The lowest BCUT2D eigenvalue weighted by atomic mass is 9.99. The van der Waals surface area contributed by atoms with Gasteiger partial charge in [-0.1, -0.05) is 18.5 Å². The van der Waals surface area contributed by atoms with E-state index in [1.807, 2.05) is 0 Å². The Morgan fingerprint density at radius 3 is 3.10 bits per heavy atom. The van der Waals surface area contributed by atoms with Crippen LogP contribution in [0, 0.1) is 12.8 Å². The molecule has 1 amide bonds. The van der Waals surface area contributed by atoms with Gasteiger partial charge in [0.05, 0.1) is 11.2 Å². The Bertz CT molecular complexity index is 508. The van der Waals surface area contributed by atoms with Gasteiger partial charge in [0.2, 0.25) is 0 Å². The summed E-state index contributed by atoms with van der Waals surface area (Å²) in [5.41, 5.74) is 0.253. The molecule has 6 heteroatoms. The minimum atomic E-state index is -0.234. The normalized spacial score (nSPS) is 21.0. The molecule has 0 bridgehead atoms. The van der Waals surface area contributed by atoms with E-state index >= 15 is 0 Å². The number of hydrogen-bond donors (Lipinski definition) is 1. The molecule has 5 nitrogen and oxygen atoms in total. The number of hydrogen-bond acceptors (Lipinski definition) is 4. The highest BCUT2D eigenvalue weighted by atomic mass is 35.5. The molecule has 0 aliphatic carbocycles. The minimum Gasteiger partial charge on any atom is -0.349 e. The van der Waals surface area contributed by atoms with Crippen molar-refractivity contribution in [3.8, 4) is 0 Å². The van der Waals surface area contributed by atoms with Crippen LogP contribution in [0.4, 0.5) is 0 Å². The number of likely N-dealkylation sites (tertiary alicyclic amines) is 1. The number of aromatic nitrogens is 2. The van der Waals surface area contributed by atoms with Crippen LogP contribution in [-0.2, 0) is 0 Å². The molecule has 116 valence electrons. The van der Waals surface area contributed by atoms with Crippen molar-refractivity contribution in [3.63, 3.8) is 0 Å². The van der Waals surface area contributed by atoms with E-state index in [1.165, 1.54) is 19.0 Å². The van der Waals surface area contributed by atoms with Gasteiger partial charge in [-0.15, -0.1) is 0 Å². The molecule has 0 unspecified atom stereocenters. The number of nitrogens with one attached hydrogen (secondary N) is 1. The zero-order chi connectivity index (χ0) is 15.4. The van der Waals surface area contributed by atoms with Crippen molar-refractivity contribution in [2.24, 2.45) is 5.92 Å². The van der Waals surface area contributed by atoms with Gasteiger partial charge in [-0.3, -0.25) is 9.69 Å². The van der Waals surface area contributed by atoms with Crippen LogP contribution < -0.4 is 5.32 Å². The van der Waals surface area contributed by atoms with Crippen molar-refractivity contribution in [3.05, 3.63) is 22.7 Å². The fraction of sp³-hybridized carbons (Fsp3) is 0.667. The van der Waals surface area contributed by atoms with E-state index in [9.17, 15) is 4.79 Å². The van der Waals surface area contributed by atoms with Gasteiger partial charge in [0.25, 0.3) is 5.91 Å². The molecule has 1 aromatic heterocycles. The Hall–Kier alpha value is -1.20. The fourth-order valence-corrected chi connectivity index (χ4v) is 2.87. The van der Waals surface area contributed by atoms with E-state index in [0.29, 0.717) is 18.4 Å². The van der Waals surface area contributed by atoms with Crippen molar-refractivity contribution < 1.29 is 4.79 Å². The fourth-order valence-electron chi connectivity index (χ4n) is 2.69. The molecular weight excluding hydrogens is 288 g/mol. The summed E-state index contributed by atoms with van der Waals surface area (Å²) in [5.74, 6) is 1.04. The Morgan fingerprint density at radius 2 is 2.38 bits per heavy atom. The first-order valence-electron chi connectivity index (χ1n) is 7.48. The van der Waals surface area contributed by atoms with E-state index in [0.717, 1.165) is 19.0 Å². The third-order valence-electron chi connectivity index (χ3n) is 3.95. The summed E-state index contributed by atoms with van der Waals surface area (Å²) in [6.07, 6.45) is 4.00. The second kappa shape index (κ2) is 7.18. The van der Waals surface area contributed by atoms with E-state index in [-0.39, 0.29) is 16.6 Å². The first-order chi connectivity index (χ1) is 9.97. The predicted octanol–water partition coefficient (Wildman–Crippen LogP) is 2.29. The predicted molar refractivity (Wildman–Crippen MR) is 83.5 cm³/mol. The first kappa shape index (κ1) is 16.2. The standard InChI is InChI=1S/C15H23ClN4O/c1-10-5-4-6-20(9-10)11(2)7-18-15(21)14-13(16)8-17-12(3)19-14/h8,10-11H,4-7,9H2,1-3H3,(H,18,21)/t10-,11+/m0/s1. The van der Waals surface area contributed by atoms with Crippen LogP contribution in [-0.4, -0.2) is 46.5 Å². The number of piperidine rings is 1. The zero-order valence-electron chi connectivity index (χ0n) is 12.9. The molecule has 0 saturated carbocycles. The number of carbonyl (C=O) groups is 1. The van der Waals surface area contributed by atoms with Gasteiger partial charge < -0.3 is 5.32 Å². The lowest BCUT2D eigenvalue weighted by Gasteiger charge is -2.35. The topological polar surface area (TPSA) is 58.1 Å². The maximum absolute atomic E-state index is 12.2. The summed E-state index contributed by atoms with van der Waals surface area (Å²) in [5, 5.41) is 3.21. The highest BCUT2D eigenvalue weighted by Crippen LogP contribution is 2.17.